The van der Waals surface area contributed by atoms with Crippen molar-refractivity contribution < 1.29 is 18.3 Å². The molecule has 2 aromatic carbocycles. The normalized spacial score (nSPS) is 10.9. The zero-order valence-corrected chi connectivity index (χ0v) is 16.6. The lowest BCUT2D eigenvalue weighted by Crippen LogP contribution is -2.31. The molecule has 2 aromatic heterocycles. The highest BCUT2D eigenvalue weighted by Gasteiger charge is 2.22. The van der Waals surface area contributed by atoms with Gasteiger partial charge in [-0.2, -0.15) is 0 Å². The van der Waals surface area contributed by atoms with Crippen LogP contribution in [0.3, 0.4) is 0 Å². The number of para-hydroxylation sites is 1. The highest BCUT2D eigenvalue weighted by atomic mass is 32.1. The number of hydrogen-bond acceptors (Lipinski definition) is 5. The van der Waals surface area contributed by atoms with E-state index in [1.165, 1.54) is 11.0 Å². The fraction of sp³-hybridized carbons (Fsp3) is 0.136. The minimum Gasteiger partial charge on any atom is -0.493 e. The van der Waals surface area contributed by atoms with Gasteiger partial charge in [-0.1, -0.05) is 35.6 Å². The van der Waals surface area contributed by atoms with E-state index in [1.54, 1.807) is 30.5 Å². The summed E-state index contributed by atoms with van der Waals surface area (Å²) in [6, 6.07) is 16.6. The third-order valence-electron chi connectivity index (χ3n) is 4.31. The maximum absolute atomic E-state index is 14.1. The predicted octanol–water partition coefficient (Wildman–Crippen LogP) is 4.97. The van der Waals surface area contributed by atoms with Crippen molar-refractivity contribution in [1.29, 1.82) is 0 Å². The van der Waals surface area contributed by atoms with Gasteiger partial charge in [0.05, 0.1) is 30.0 Å². The van der Waals surface area contributed by atoms with Crippen LogP contribution >= 0.6 is 11.3 Å². The first-order chi connectivity index (χ1) is 14.6. The fourth-order valence-corrected chi connectivity index (χ4v) is 3.91. The second kappa shape index (κ2) is 8.96. The molecule has 5 nitrogen and oxygen atoms in total. The average Bonchev–Trinajstić information content (AvgIpc) is 3.17. The molecule has 8 heteroatoms. The lowest BCUT2D eigenvalue weighted by atomic mass is 10.3. The van der Waals surface area contributed by atoms with Gasteiger partial charge < -0.3 is 4.74 Å². The molecule has 0 aliphatic heterocycles. The standard InChI is InChI=1S/C22H17F2N3O2S/c23-15-12-18(24)21-19(13-15)30-22(26-21)27(14-16-6-4-5-10-25-16)20(28)9-11-29-17-7-2-1-3-8-17/h1-8,10,12-13H,9,11,14H2. The smallest absolute Gasteiger partial charge is 0.232 e. The number of pyridine rings is 1. The Morgan fingerprint density at radius 3 is 2.63 bits per heavy atom. The summed E-state index contributed by atoms with van der Waals surface area (Å²) in [5.74, 6) is -1.03. The highest BCUT2D eigenvalue weighted by molar-refractivity contribution is 7.22. The second-order valence-electron chi connectivity index (χ2n) is 6.44. The minimum atomic E-state index is -0.759. The molecular weight excluding hydrogens is 408 g/mol. The highest BCUT2D eigenvalue weighted by Crippen LogP contribution is 2.32. The van der Waals surface area contributed by atoms with Crippen molar-refractivity contribution in [2.45, 2.75) is 13.0 Å². The Balaban J connectivity index is 1.57. The summed E-state index contributed by atoms with van der Waals surface area (Å²) in [5, 5.41) is 0.282. The number of rotatable bonds is 7. The van der Waals surface area contributed by atoms with Crippen LogP contribution in [-0.2, 0) is 11.3 Å². The van der Waals surface area contributed by atoms with Crippen molar-refractivity contribution in [1.82, 2.24) is 9.97 Å². The molecule has 0 aliphatic rings. The van der Waals surface area contributed by atoms with Gasteiger partial charge in [0.25, 0.3) is 0 Å². The van der Waals surface area contributed by atoms with Crippen LogP contribution < -0.4 is 9.64 Å². The number of ether oxygens (including phenoxy) is 1. The summed E-state index contributed by atoms with van der Waals surface area (Å²) >= 11 is 1.06. The molecule has 1 amide bonds. The molecule has 30 heavy (non-hydrogen) atoms. The molecular formula is C22H17F2N3O2S. The first kappa shape index (κ1) is 19.9. The molecule has 0 radical (unpaired) electrons. The third kappa shape index (κ3) is 4.60. The van der Waals surface area contributed by atoms with Crippen LogP contribution in [0.4, 0.5) is 13.9 Å². The summed E-state index contributed by atoms with van der Waals surface area (Å²) in [6.45, 7) is 0.338. The Labute approximate surface area is 175 Å². The number of amides is 1. The number of carbonyl (C=O) groups excluding carboxylic acids is 1. The number of halogens is 2. The van der Waals surface area contributed by atoms with E-state index in [2.05, 4.69) is 9.97 Å². The van der Waals surface area contributed by atoms with Gasteiger partial charge in [-0.3, -0.25) is 14.7 Å². The molecule has 152 valence electrons. The van der Waals surface area contributed by atoms with Crippen molar-refractivity contribution in [3.63, 3.8) is 0 Å². The maximum atomic E-state index is 14.1. The van der Waals surface area contributed by atoms with Crippen molar-refractivity contribution >= 4 is 32.6 Å². The van der Waals surface area contributed by atoms with Gasteiger partial charge in [-0.15, -0.1) is 0 Å². The number of thiazole rings is 1. The van der Waals surface area contributed by atoms with E-state index < -0.39 is 11.6 Å². The number of fused-ring (bicyclic) bond motifs is 1. The molecule has 0 N–H and O–H groups in total. The van der Waals surface area contributed by atoms with E-state index >= 15 is 0 Å². The zero-order chi connectivity index (χ0) is 20.9. The van der Waals surface area contributed by atoms with Gasteiger partial charge in [0.2, 0.25) is 5.91 Å². The number of anilines is 1. The fourth-order valence-electron chi connectivity index (χ4n) is 2.88. The molecule has 0 saturated heterocycles. The average molecular weight is 425 g/mol. The molecule has 0 saturated carbocycles. The van der Waals surface area contributed by atoms with Gasteiger partial charge in [-0.25, -0.2) is 13.8 Å². The zero-order valence-electron chi connectivity index (χ0n) is 15.8. The van der Waals surface area contributed by atoms with Gasteiger partial charge in [0.15, 0.2) is 10.9 Å². The summed E-state index contributed by atoms with van der Waals surface area (Å²) in [6.07, 6.45) is 1.72. The first-order valence-corrected chi connectivity index (χ1v) is 10.1. The molecule has 0 bridgehead atoms. The predicted molar refractivity (Wildman–Crippen MR) is 112 cm³/mol. The molecule has 0 unspecified atom stereocenters. The molecule has 4 rings (SSSR count). The summed E-state index contributed by atoms with van der Waals surface area (Å²) in [5.41, 5.74) is 0.691. The quantitative estimate of drug-likeness (QED) is 0.419. The number of hydrogen-bond donors (Lipinski definition) is 0. The molecule has 0 fully saturated rings. The lowest BCUT2D eigenvalue weighted by Gasteiger charge is -2.19. The van der Waals surface area contributed by atoms with E-state index in [0.29, 0.717) is 16.1 Å². The Morgan fingerprint density at radius 2 is 1.87 bits per heavy atom. The molecule has 0 spiro atoms. The van der Waals surface area contributed by atoms with Crippen LogP contribution in [0.2, 0.25) is 0 Å². The SMILES string of the molecule is O=C(CCOc1ccccc1)N(Cc1ccccn1)c1nc2c(F)cc(F)cc2s1. The number of benzene rings is 2. The van der Waals surface area contributed by atoms with Crippen molar-refractivity contribution in [2.24, 2.45) is 0 Å². The maximum Gasteiger partial charge on any atom is 0.232 e. The van der Waals surface area contributed by atoms with Crippen LogP contribution in [0.25, 0.3) is 10.2 Å². The summed E-state index contributed by atoms with van der Waals surface area (Å²) in [4.78, 5) is 22.9. The van der Waals surface area contributed by atoms with E-state index in [9.17, 15) is 13.6 Å². The Morgan fingerprint density at radius 1 is 1.07 bits per heavy atom. The van der Waals surface area contributed by atoms with E-state index in [4.69, 9.17) is 4.74 Å². The van der Waals surface area contributed by atoms with Crippen LogP contribution in [-0.4, -0.2) is 22.5 Å². The third-order valence-corrected chi connectivity index (χ3v) is 5.33. The summed E-state index contributed by atoms with van der Waals surface area (Å²) in [7, 11) is 0. The summed E-state index contributed by atoms with van der Waals surface area (Å²) < 4.78 is 33.6. The van der Waals surface area contributed by atoms with Gasteiger partial charge in [0, 0.05) is 12.3 Å². The molecule has 0 aliphatic carbocycles. The van der Waals surface area contributed by atoms with Crippen LogP contribution in [0, 0.1) is 11.6 Å². The molecule has 4 aromatic rings. The molecule has 2 heterocycles. The molecule has 0 atom stereocenters. The Kier molecular flexibility index (Phi) is 5.94. The van der Waals surface area contributed by atoms with E-state index in [0.717, 1.165) is 17.4 Å². The Bertz CT molecular complexity index is 1150. The number of aromatic nitrogens is 2. The van der Waals surface area contributed by atoms with Gasteiger partial charge >= 0.3 is 0 Å². The van der Waals surface area contributed by atoms with Gasteiger partial charge in [-0.05, 0) is 30.3 Å². The minimum absolute atomic E-state index is 0.0377. The topological polar surface area (TPSA) is 55.3 Å². The van der Waals surface area contributed by atoms with Crippen LogP contribution in [0.15, 0.2) is 66.9 Å². The lowest BCUT2D eigenvalue weighted by molar-refractivity contribution is -0.119. The monoisotopic (exact) mass is 425 g/mol. The Hall–Kier alpha value is -3.39. The number of carbonyl (C=O) groups is 1. The second-order valence-corrected chi connectivity index (χ2v) is 7.45. The first-order valence-electron chi connectivity index (χ1n) is 9.24. The van der Waals surface area contributed by atoms with Crippen LogP contribution in [0.5, 0.6) is 5.75 Å². The van der Waals surface area contributed by atoms with Gasteiger partial charge in [0.1, 0.15) is 17.1 Å². The van der Waals surface area contributed by atoms with Crippen molar-refractivity contribution in [2.75, 3.05) is 11.5 Å². The van der Waals surface area contributed by atoms with Crippen molar-refractivity contribution in [3.8, 4) is 5.75 Å². The van der Waals surface area contributed by atoms with Crippen LogP contribution in [0.1, 0.15) is 12.1 Å². The van der Waals surface area contributed by atoms with Crippen molar-refractivity contribution in [3.05, 3.63) is 84.2 Å². The van der Waals surface area contributed by atoms with E-state index in [1.807, 2.05) is 24.3 Å². The van der Waals surface area contributed by atoms with E-state index in [-0.39, 0.29) is 36.1 Å². The number of nitrogens with zero attached hydrogens (tertiary/aromatic N) is 3. The largest absolute Gasteiger partial charge is 0.493 e.